The van der Waals surface area contributed by atoms with Gasteiger partial charge >= 0.3 is 0 Å². The summed E-state index contributed by atoms with van der Waals surface area (Å²) in [6.45, 7) is 0. The predicted octanol–water partition coefficient (Wildman–Crippen LogP) is 8.57. The fourth-order valence-electron chi connectivity index (χ4n) is 4.34. The van der Waals surface area contributed by atoms with Gasteiger partial charge in [0.25, 0.3) is 0 Å². The maximum absolute atomic E-state index is 11.2. The first-order chi connectivity index (χ1) is 18.2. The number of anilines is 3. The van der Waals surface area contributed by atoms with E-state index in [4.69, 9.17) is 4.74 Å². The monoisotopic (exact) mass is 481 g/mol. The van der Waals surface area contributed by atoms with Gasteiger partial charge in [0.2, 0.25) is 0 Å². The molecule has 5 rings (SSSR count). The van der Waals surface area contributed by atoms with Gasteiger partial charge in [-0.1, -0.05) is 72.8 Å². The van der Waals surface area contributed by atoms with Crippen molar-refractivity contribution in [3.63, 3.8) is 0 Å². The van der Waals surface area contributed by atoms with Crippen molar-refractivity contribution < 1.29 is 9.53 Å². The van der Waals surface area contributed by atoms with Crippen LogP contribution in [0.5, 0.6) is 5.75 Å². The van der Waals surface area contributed by atoms with E-state index in [0.29, 0.717) is 5.56 Å². The molecule has 0 radical (unpaired) electrons. The molecule has 3 heteroatoms. The largest absolute Gasteiger partial charge is 0.497 e. The van der Waals surface area contributed by atoms with Gasteiger partial charge in [-0.2, -0.15) is 0 Å². The minimum Gasteiger partial charge on any atom is -0.497 e. The number of aldehydes is 1. The fraction of sp³-hybridized carbons (Fsp3) is 0.0294. The minimum absolute atomic E-state index is 0.647. The van der Waals surface area contributed by atoms with Gasteiger partial charge in [0.1, 0.15) is 12.0 Å². The summed E-state index contributed by atoms with van der Waals surface area (Å²) < 4.78 is 5.35. The van der Waals surface area contributed by atoms with Crippen molar-refractivity contribution in [2.75, 3.05) is 12.0 Å². The SMILES string of the molecule is COc1ccc(N(c2ccc(C=O)cc2)c2ccc(C=C(c3ccccc3)c3ccccc3)cc2)cc1. The summed E-state index contributed by atoms with van der Waals surface area (Å²) in [5.41, 5.74) is 8.25. The molecule has 0 aliphatic rings. The Balaban J connectivity index is 1.54. The first-order valence-corrected chi connectivity index (χ1v) is 12.2. The topological polar surface area (TPSA) is 29.5 Å². The van der Waals surface area contributed by atoms with Crippen LogP contribution in [-0.2, 0) is 0 Å². The van der Waals surface area contributed by atoms with Crippen LogP contribution in [0, 0.1) is 0 Å². The normalized spacial score (nSPS) is 10.4. The minimum atomic E-state index is 0.647. The summed E-state index contributed by atoms with van der Waals surface area (Å²) in [6.07, 6.45) is 3.09. The van der Waals surface area contributed by atoms with Crippen molar-refractivity contribution in [1.82, 2.24) is 0 Å². The van der Waals surface area contributed by atoms with E-state index in [1.54, 1.807) is 7.11 Å². The molecule has 0 N–H and O–H groups in total. The van der Waals surface area contributed by atoms with Gasteiger partial charge in [-0.3, -0.25) is 4.79 Å². The summed E-state index contributed by atoms with van der Waals surface area (Å²) in [4.78, 5) is 13.4. The van der Waals surface area contributed by atoms with Crippen molar-refractivity contribution in [1.29, 1.82) is 0 Å². The number of hydrogen-bond acceptors (Lipinski definition) is 3. The molecule has 5 aromatic rings. The van der Waals surface area contributed by atoms with Crippen LogP contribution in [0.4, 0.5) is 17.1 Å². The van der Waals surface area contributed by atoms with Crippen molar-refractivity contribution in [2.45, 2.75) is 0 Å². The van der Waals surface area contributed by atoms with Crippen LogP contribution in [0.15, 0.2) is 133 Å². The lowest BCUT2D eigenvalue weighted by Gasteiger charge is -2.26. The Labute approximate surface area is 217 Å². The van der Waals surface area contributed by atoms with Crippen LogP contribution in [0.3, 0.4) is 0 Å². The molecule has 37 heavy (non-hydrogen) atoms. The zero-order valence-electron chi connectivity index (χ0n) is 20.6. The molecule has 5 aromatic carbocycles. The average Bonchev–Trinajstić information content (AvgIpc) is 2.98. The number of nitrogens with zero attached hydrogens (tertiary/aromatic N) is 1. The Kier molecular flexibility index (Phi) is 7.24. The third-order valence-corrected chi connectivity index (χ3v) is 6.25. The van der Waals surface area contributed by atoms with Crippen LogP contribution in [-0.4, -0.2) is 13.4 Å². The van der Waals surface area contributed by atoms with E-state index < -0.39 is 0 Å². The second kappa shape index (κ2) is 11.2. The highest BCUT2D eigenvalue weighted by Crippen LogP contribution is 2.36. The lowest BCUT2D eigenvalue weighted by molar-refractivity contribution is 0.112. The number of carbonyl (C=O) groups excluding carboxylic acids is 1. The average molecular weight is 482 g/mol. The van der Waals surface area contributed by atoms with Gasteiger partial charge in [-0.25, -0.2) is 0 Å². The number of benzene rings is 5. The number of rotatable bonds is 8. The highest BCUT2D eigenvalue weighted by molar-refractivity contribution is 5.91. The molecule has 0 fully saturated rings. The molecule has 0 spiro atoms. The fourth-order valence-corrected chi connectivity index (χ4v) is 4.34. The number of methoxy groups -OCH3 is 1. The standard InChI is InChI=1S/C34H27NO2/c1-37-33-22-20-32(21-23-33)35(31-18-14-27(25-36)15-19-31)30-16-12-26(13-17-30)24-34(28-8-4-2-5-9-28)29-10-6-3-7-11-29/h2-25H,1H3. The predicted molar refractivity (Wildman–Crippen MR) is 153 cm³/mol. The zero-order valence-corrected chi connectivity index (χ0v) is 20.6. The maximum atomic E-state index is 11.2. The third kappa shape index (κ3) is 5.52. The lowest BCUT2D eigenvalue weighted by Crippen LogP contribution is -2.10. The highest BCUT2D eigenvalue weighted by atomic mass is 16.5. The highest BCUT2D eigenvalue weighted by Gasteiger charge is 2.13. The molecule has 0 aromatic heterocycles. The Morgan fingerprint density at radius 1 is 0.568 bits per heavy atom. The first kappa shape index (κ1) is 23.8. The van der Waals surface area contributed by atoms with Gasteiger partial charge in [-0.15, -0.1) is 0 Å². The van der Waals surface area contributed by atoms with E-state index in [0.717, 1.165) is 34.7 Å². The van der Waals surface area contributed by atoms with Crippen molar-refractivity contribution in [3.8, 4) is 5.75 Å². The molecule has 0 aliphatic carbocycles. The van der Waals surface area contributed by atoms with E-state index in [1.165, 1.54) is 16.7 Å². The van der Waals surface area contributed by atoms with Gasteiger partial charge in [-0.05, 0) is 89.0 Å². The molecule has 0 bridgehead atoms. The Bertz CT molecular complexity index is 1430. The summed E-state index contributed by atoms with van der Waals surface area (Å²) in [7, 11) is 1.66. The van der Waals surface area contributed by atoms with Crippen LogP contribution < -0.4 is 9.64 Å². The van der Waals surface area contributed by atoms with Gasteiger partial charge in [0.05, 0.1) is 7.11 Å². The third-order valence-electron chi connectivity index (χ3n) is 6.25. The van der Waals surface area contributed by atoms with Crippen LogP contribution in [0.2, 0.25) is 0 Å². The molecular formula is C34H27NO2. The van der Waals surface area contributed by atoms with E-state index >= 15 is 0 Å². The summed E-state index contributed by atoms with van der Waals surface area (Å²) in [5.74, 6) is 0.801. The Morgan fingerprint density at radius 3 is 1.43 bits per heavy atom. The Hall–Kier alpha value is -4.89. The van der Waals surface area contributed by atoms with Crippen molar-refractivity contribution in [2.24, 2.45) is 0 Å². The second-order valence-electron chi connectivity index (χ2n) is 8.62. The van der Waals surface area contributed by atoms with E-state index in [-0.39, 0.29) is 0 Å². The van der Waals surface area contributed by atoms with E-state index in [1.807, 2.05) is 60.7 Å². The number of ether oxygens (including phenoxy) is 1. The van der Waals surface area contributed by atoms with Gasteiger partial charge in [0, 0.05) is 22.6 Å². The maximum Gasteiger partial charge on any atom is 0.150 e. The van der Waals surface area contributed by atoms with Crippen LogP contribution in [0.25, 0.3) is 11.6 Å². The molecule has 180 valence electrons. The lowest BCUT2D eigenvalue weighted by atomic mass is 9.95. The van der Waals surface area contributed by atoms with E-state index in [2.05, 4.69) is 83.8 Å². The van der Waals surface area contributed by atoms with E-state index in [9.17, 15) is 4.79 Å². The smallest absolute Gasteiger partial charge is 0.150 e. The molecule has 0 atom stereocenters. The van der Waals surface area contributed by atoms with Crippen LogP contribution >= 0.6 is 0 Å². The first-order valence-electron chi connectivity index (χ1n) is 12.2. The summed E-state index contributed by atoms with van der Waals surface area (Å²) in [6, 6.07) is 45.0. The van der Waals surface area contributed by atoms with Crippen molar-refractivity contribution >= 4 is 35.0 Å². The molecule has 0 saturated carbocycles. The Morgan fingerprint density at radius 2 is 1.00 bits per heavy atom. The van der Waals surface area contributed by atoms with Gasteiger partial charge < -0.3 is 9.64 Å². The summed E-state index contributed by atoms with van der Waals surface area (Å²) in [5, 5.41) is 0. The quantitative estimate of drug-likeness (QED) is 0.164. The van der Waals surface area contributed by atoms with Gasteiger partial charge in [0.15, 0.2) is 0 Å². The van der Waals surface area contributed by atoms with Crippen LogP contribution in [0.1, 0.15) is 27.0 Å². The molecule has 0 saturated heterocycles. The zero-order chi connectivity index (χ0) is 25.5. The summed E-state index contributed by atoms with van der Waals surface area (Å²) >= 11 is 0. The van der Waals surface area contributed by atoms with Crippen molar-refractivity contribution in [3.05, 3.63) is 156 Å². The second-order valence-corrected chi connectivity index (χ2v) is 8.62. The molecule has 0 unspecified atom stereocenters. The number of carbonyl (C=O) groups is 1. The molecule has 0 amide bonds. The molecule has 3 nitrogen and oxygen atoms in total. The number of hydrogen-bond donors (Lipinski definition) is 0. The molecular weight excluding hydrogens is 454 g/mol. The molecule has 0 aliphatic heterocycles. The molecule has 0 heterocycles.